The highest BCUT2D eigenvalue weighted by Gasteiger charge is 2.23. The van der Waals surface area contributed by atoms with Gasteiger partial charge in [-0.05, 0) is 43.5 Å². The Morgan fingerprint density at radius 1 is 1.14 bits per heavy atom. The first kappa shape index (κ1) is 18.6. The molecule has 4 heterocycles. The van der Waals surface area contributed by atoms with Crippen LogP contribution in [0.2, 0.25) is 0 Å². The fourth-order valence-corrected chi connectivity index (χ4v) is 3.38. The van der Waals surface area contributed by atoms with Crippen molar-refractivity contribution in [3.63, 3.8) is 0 Å². The minimum Gasteiger partial charge on any atom is -0.481 e. The number of methoxy groups -OCH3 is 1. The standard InChI is InChI=1S/C21H20N6O2/c1-29-20-6-5-16(14-24-20)27-19(17-11-15(13-22)7-8-23-17)12-18(25-27)21(28)26-9-3-2-4-10-26/h5-8,11-12,14H,2-4,9-10H2,1H3. The largest absolute Gasteiger partial charge is 0.481 e. The third kappa shape index (κ3) is 3.80. The van der Waals surface area contributed by atoms with Gasteiger partial charge in [-0.2, -0.15) is 10.4 Å². The molecule has 4 rings (SSSR count). The van der Waals surface area contributed by atoms with Crippen LogP contribution in [0.5, 0.6) is 5.88 Å². The molecule has 8 heteroatoms. The summed E-state index contributed by atoms with van der Waals surface area (Å²) in [6.07, 6.45) is 6.36. The van der Waals surface area contributed by atoms with E-state index >= 15 is 0 Å². The smallest absolute Gasteiger partial charge is 0.274 e. The van der Waals surface area contributed by atoms with Gasteiger partial charge in [-0.1, -0.05) is 0 Å². The van der Waals surface area contributed by atoms with Crippen LogP contribution in [0.3, 0.4) is 0 Å². The van der Waals surface area contributed by atoms with E-state index in [1.54, 1.807) is 48.5 Å². The number of piperidine rings is 1. The van der Waals surface area contributed by atoms with Gasteiger partial charge in [-0.15, -0.1) is 0 Å². The van der Waals surface area contributed by atoms with Crippen LogP contribution in [-0.2, 0) is 0 Å². The second-order valence-corrected chi connectivity index (χ2v) is 6.78. The Morgan fingerprint density at radius 3 is 2.66 bits per heavy atom. The Morgan fingerprint density at radius 2 is 1.97 bits per heavy atom. The molecule has 1 aliphatic heterocycles. The lowest BCUT2D eigenvalue weighted by molar-refractivity contribution is 0.0718. The van der Waals surface area contributed by atoms with Crippen molar-refractivity contribution in [2.75, 3.05) is 20.2 Å². The van der Waals surface area contributed by atoms with Crippen molar-refractivity contribution in [1.82, 2.24) is 24.6 Å². The number of hydrogen-bond donors (Lipinski definition) is 0. The molecule has 0 unspecified atom stereocenters. The molecule has 0 radical (unpaired) electrons. The van der Waals surface area contributed by atoms with Gasteiger partial charge >= 0.3 is 0 Å². The number of aromatic nitrogens is 4. The zero-order valence-corrected chi connectivity index (χ0v) is 16.1. The number of nitrogens with zero attached hydrogens (tertiary/aromatic N) is 6. The molecule has 1 amide bonds. The van der Waals surface area contributed by atoms with E-state index in [9.17, 15) is 10.1 Å². The molecule has 0 aromatic carbocycles. The van der Waals surface area contributed by atoms with Crippen molar-refractivity contribution >= 4 is 5.91 Å². The van der Waals surface area contributed by atoms with Gasteiger partial charge in [0.15, 0.2) is 5.69 Å². The summed E-state index contributed by atoms with van der Waals surface area (Å²) in [6.45, 7) is 1.49. The first-order chi connectivity index (χ1) is 14.2. The van der Waals surface area contributed by atoms with Crippen molar-refractivity contribution in [2.45, 2.75) is 19.3 Å². The monoisotopic (exact) mass is 388 g/mol. The third-order valence-electron chi connectivity index (χ3n) is 4.90. The van der Waals surface area contributed by atoms with Crippen molar-refractivity contribution < 1.29 is 9.53 Å². The molecule has 1 fully saturated rings. The van der Waals surface area contributed by atoms with Crippen LogP contribution in [0.15, 0.2) is 42.7 Å². The van der Waals surface area contributed by atoms with Crippen LogP contribution in [-0.4, -0.2) is 50.8 Å². The number of rotatable bonds is 4. The van der Waals surface area contributed by atoms with Gasteiger partial charge in [0, 0.05) is 25.4 Å². The van der Waals surface area contributed by atoms with Crippen LogP contribution < -0.4 is 4.74 Å². The number of carbonyl (C=O) groups excluding carboxylic acids is 1. The zero-order chi connectivity index (χ0) is 20.2. The fraction of sp³-hybridized carbons (Fsp3) is 0.286. The van der Waals surface area contributed by atoms with E-state index in [4.69, 9.17) is 4.74 Å². The summed E-state index contributed by atoms with van der Waals surface area (Å²) in [5.41, 5.74) is 2.68. The van der Waals surface area contributed by atoms with Crippen LogP contribution >= 0.6 is 0 Å². The number of pyridine rings is 2. The van der Waals surface area contributed by atoms with E-state index in [-0.39, 0.29) is 5.91 Å². The molecule has 8 nitrogen and oxygen atoms in total. The van der Waals surface area contributed by atoms with Crippen molar-refractivity contribution in [3.8, 4) is 29.0 Å². The van der Waals surface area contributed by atoms with Gasteiger partial charge in [0.25, 0.3) is 5.91 Å². The van der Waals surface area contributed by atoms with Crippen molar-refractivity contribution in [3.05, 3.63) is 54.0 Å². The predicted octanol–water partition coefficient (Wildman–Crippen LogP) is 2.84. The molecule has 0 aliphatic carbocycles. The SMILES string of the molecule is COc1ccc(-n2nc(C(=O)N3CCCCC3)cc2-c2cc(C#N)ccn2)cn1. The number of hydrogen-bond acceptors (Lipinski definition) is 6. The number of carbonyl (C=O) groups is 1. The fourth-order valence-electron chi connectivity index (χ4n) is 3.38. The quantitative estimate of drug-likeness (QED) is 0.682. The summed E-state index contributed by atoms with van der Waals surface area (Å²) in [4.78, 5) is 23.4. The van der Waals surface area contributed by atoms with E-state index in [1.807, 2.05) is 11.0 Å². The maximum absolute atomic E-state index is 13.0. The number of nitriles is 1. The average Bonchev–Trinajstić information content (AvgIpc) is 3.25. The third-order valence-corrected chi connectivity index (χ3v) is 4.90. The highest BCUT2D eigenvalue weighted by molar-refractivity contribution is 5.93. The lowest BCUT2D eigenvalue weighted by atomic mass is 10.1. The highest BCUT2D eigenvalue weighted by atomic mass is 16.5. The van der Waals surface area contributed by atoms with Gasteiger partial charge in [-0.25, -0.2) is 9.67 Å². The normalized spacial score (nSPS) is 13.7. The molecule has 1 aliphatic rings. The summed E-state index contributed by atoms with van der Waals surface area (Å²) < 4.78 is 6.76. The van der Waals surface area contributed by atoms with Gasteiger partial charge in [0.2, 0.25) is 5.88 Å². The predicted molar refractivity (Wildman–Crippen MR) is 106 cm³/mol. The van der Waals surface area contributed by atoms with E-state index in [0.29, 0.717) is 34.2 Å². The topological polar surface area (TPSA) is 96.9 Å². The first-order valence-electron chi connectivity index (χ1n) is 9.46. The Labute approximate surface area is 168 Å². The lowest BCUT2D eigenvalue weighted by Gasteiger charge is -2.25. The van der Waals surface area contributed by atoms with Crippen LogP contribution in [0.4, 0.5) is 0 Å². The van der Waals surface area contributed by atoms with Crippen molar-refractivity contribution in [1.29, 1.82) is 5.26 Å². The highest BCUT2D eigenvalue weighted by Crippen LogP contribution is 2.25. The number of amides is 1. The van der Waals surface area contributed by atoms with Crippen LogP contribution in [0.25, 0.3) is 17.1 Å². The van der Waals surface area contributed by atoms with Gasteiger partial charge < -0.3 is 9.64 Å². The van der Waals surface area contributed by atoms with Gasteiger partial charge in [-0.3, -0.25) is 9.78 Å². The molecule has 3 aromatic rings. The van der Waals surface area contributed by atoms with Gasteiger partial charge in [0.1, 0.15) is 0 Å². The second-order valence-electron chi connectivity index (χ2n) is 6.78. The van der Waals surface area contributed by atoms with Gasteiger partial charge in [0.05, 0.1) is 42.0 Å². The van der Waals surface area contributed by atoms with E-state index in [1.165, 1.54) is 0 Å². The molecule has 146 valence electrons. The number of ether oxygens (including phenoxy) is 1. The van der Waals surface area contributed by atoms with Crippen LogP contribution in [0.1, 0.15) is 35.3 Å². The molecule has 29 heavy (non-hydrogen) atoms. The summed E-state index contributed by atoms with van der Waals surface area (Å²) in [6, 6.07) is 10.7. The Balaban J connectivity index is 1.79. The molecule has 3 aromatic heterocycles. The van der Waals surface area contributed by atoms with Crippen LogP contribution in [0, 0.1) is 11.3 Å². The molecular formula is C21H20N6O2. The molecule has 0 saturated carbocycles. The summed E-state index contributed by atoms with van der Waals surface area (Å²) in [5, 5.41) is 13.8. The Bertz CT molecular complexity index is 1060. The molecule has 0 atom stereocenters. The van der Waals surface area contributed by atoms with Crippen molar-refractivity contribution in [2.24, 2.45) is 0 Å². The average molecular weight is 388 g/mol. The Kier molecular flexibility index (Phi) is 5.20. The zero-order valence-electron chi connectivity index (χ0n) is 16.1. The number of likely N-dealkylation sites (tertiary alicyclic amines) is 1. The molecule has 0 bridgehead atoms. The molecule has 0 spiro atoms. The molecule has 0 N–H and O–H groups in total. The Hall–Kier alpha value is -3.73. The van der Waals surface area contributed by atoms with E-state index in [2.05, 4.69) is 21.1 Å². The van der Waals surface area contributed by atoms with E-state index < -0.39 is 0 Å². The maximum Gasteiger partial charge on any atom is 0.274 e. The first-order valence-corrected chi connectivity index (χ1v) is 9.46. The lowest BCUT2D eigenvalue weighted by Crippen LogP contribution is -2.35. The minimum absolute atomic E-state index is 0.0948. The molecular weight excluding hydrogens is 368 g/mol. The maximum atomic E-state index is 13.0. The minimum atomic E-state index is -0.0948. The van der Waals surface area contributed by atoms with E-state index in [0.717, 1.165) is 32.4 Å². The molecule has 1 saturated heterocycles. The summed E-state index contributed by atoms with van der Waals surface area (Å²) in [7, 11) is 1.55. The second kappa shape index (κ2) is 8.10. The summed E-state index contributed by atoms with van der Waals surface area (Å²) >= 11 is 0. The summed E-state index contributed by atoms with van der Waals surface area (Å²) in [5.74, 6) is 0.388.